The second-order valence-electron chi connectivity index (χ2n) is 40.0. The molecule has 0 spiro atoms. The first-order valence-corrected chi connectivity index (χ1v) is 49.4. The van der Waals surface area contributed by atoms with Gasteiger partial charge in [0.15, 0.2) is 0 Å². The Kier molecular flexibility index (Phi) is 18.1. The third-order valence-corrected chi connectivity index (χ3v) is 31.6. The molecule has 666 valence electrons. The van der Waals surface area contributed by atoms with Gasteiger partial charge in [0.05, 0.1) is 100 Å². The fourth-order valence-corrected chi connectivity index (χ4v) is 25.5. The van der Waals surface area contributed by atoms with Crippen LogP contribution >= 0.6 is 0 Å². The van der Waals surface area contributed by atoms with E-state index in [1.807, 2.05) is 0 Å². The SMILES string of the molecule is CC1(C)c2ccccc2-c2cc3c(cc21)c1ccccc1n3-c1ccccc1-c1ccccc1-n1c2ccccc2c2ccccc21.CC1(C)c2ccccc2-c2ccc3c(c21)c1ccccc1n3-c1ccccc1-c1ccccc1-n1c2ccccc2c2ccccc21.CC1(C)c2ccccc2-c2ccc3c(c21)c1ccccc1n3-c1ccccc1-c1ccccc1-n1c2ccccc2c2ccccc21. The van der Waals surface area contributed by atoms with Gasteiger partial charge >= 0.3 is 0 Å². The van der Waals surface area contributed by atoms with Crippen molar-refractivity contribution in [2.24, 2.45) is 0 Å². The summed E-state index contributed by atoms with van der Waals surface area (Å²) in [5.41, 5.74) is 45.3. The van der Waals surface area contributed by atoms with Crippen molar-refractivity contribution in [2.75, 3.05) is 0 Å². The largest absolute Gasteiger partial charge is 0.309 e. The Morgan fingerprint density at radius 1 is 0.128 bits per heavy atom. The summed E-state index contributed by atoms with van der Waals surface area (Å²) in [5.74, 6) is 0. The molecule has 0 saturated heterocycles. The number of fused-ring (bicyclic) bond motifs is 29. The summed E-state index contributed by atoms with van der Waals surface area (Å²) in [4.78, 5) is 0. The van der Waals surface area contributed by atoms with Gasteiger partial charge in [-0.3, -0.25) is 0 Å². The van der Waals surface area contributed by atoms with Crippen molar-refractivity contribution < 1.29 is 0 Å². The summed E-state index contributed by atoms with van der Waals surface area (Å²) >= 11 is 0. The standard InChI is InChI=1S/3C45H32N2/c1-45(2)37-21-9-3-15-29(37)35-28-44-36(27-38(35)45)34-20-8-14-26-43(34)47(44)42-25-13-7-19-33(42)32-18-6-12-24-41(32)46-39-22-10-4-16-30(39)31-17-5-11-23-40(31)46;2*1-45(2)36-21-9-3-15-29(36)34-27-28-42-43(44(34)45)35-20-8-14-26-41(35)47(42)40-25-13-7-19-33(40)32-18-6-12-24-39(32)46-37-22-10-4-16-30(37)31-17-5-11-23-38(31)46/h3*3-28H,1-2H3. The molecule has 6 nitrogen and oxygen atoms in total. The van der Waals surface area contributed by atoms with E-state index in [-0.39, 0.29) is 16.2 Å². The highest BCUT2D eigenvalue weighted by atomic mass is 15.0. The van der Waals surface area contributed by atoms with Crippen LogP contribution in [0.25, 0.3) is 232 Å². The summed E-state index contributed by atoms with van der Waals surface area (Å²) in [7, 11) is 0. The van der Waals surface area contributed by atoms with E-state index in [1.165, 1.54) is 265 Å². The molecule has 3 aliphatic rings. The number of hydrogen-bond acceptors (Lipinski definition) is 0. The predicted octanol–water partition coefficient (Wildman–Crippen LogP) is 35.6. The van der Waals surface area contributed by atoms with E-state index in [0.717, 1.165) is 0 Å². The molecule has 3 aliphatic carbocycles. The second-order valence-corrected chi connectivity index (χ2v) is 40.0. The Bertz CT molecular complexity index is 9410. The summed E-state index contributed by atoms with van der Waals surface area (Å²) in [6.07, 6.45) is 0. The van der Waals surface area contributed by atoms with Gasteiger partial charge in [-0.05, 0) is 182 Å². The van der Waals surface area contributed by atoms with Gasteiger partial charge < -0.3 is 27.4 Å². The zero-order valence-electron chi connectivity index (χ0n) is 79.2. The molecule has 6 heterocycles. The van der Waals surface area contributed by atoms with Gasteiger partial charge in [-0.2, -0.15) is 0 Å². The van der Waals surface area contributed by atoms with Crippen molar-refractivity contribution in [3.8, 4) is 101 Å². The number of para-hydroxylation sites is 15. The topological polar surface area (TPSA) is 29.6 Å². The molecule has 0 amide bonds. The van der Waals surface area contributed by atoms with E-state index >= 15 is 0 Å². The lowest BCUT2D eigenvalue weighted by Crippen LogP contribution is -2.15. The van der Waals surface area contributed by atoms with E-state index in [9.17, 15) is 0 Å². The van der Waals surface area contributed by atoms with Crippen LogP contribution in [0, 0.1) is 0 Å². The summed E-state index contributed by atoms with van der Waals surface area (Å²) in [6.45, 7) is 14.3. The normalized spacial score (nSPS) is 13.5. The maximum atomic E-state index is 2.50. The minimum absolute atomic E-state index is 0.0531. The first kappa shape index (κ1) is 81.7. The minimum atomic E-state index is -0.108. The molecule has 0 bridgehead atoms. The van der Waals surface area contributed by atoms with Crippen LogP contribution < -0.4 is 0 Å². The van der Waals surface area contributed by atoms with Crippen LogP contribution in [0.15, 0.2) is 473 Å². The lowest BCUT2D eigenvalue weighted by Gasteiger charge is -2.23. The highest BCUT2D eigenvalue weighted by Gasteiger charge is 2.42. The summed E-state index contributed by atoms with van der Waals surface area (Å²) in [6, 6.07) is 174. The van der Waals surface area contributed by atoms with Gasteiger partial charge in [0.2, 0.25) is 0 Å². The van der Waals surface area contributed by atoms with Crippen molar-refractivity contribution in [3.63, 3.8) is 0 Å². The highest BCUT2D eigenvalue weighted by molar-refractivity contribution is 6.19. The molecule has 0 saturated carbocycles. The van der Waals surface area contributed by atoms with E-state index < -0.39 is 0 Å². The lowest BCUT2D eigenvalue weighted by molar-refractivity contribution is 0.661. The Balaban J connectivity index is 0.000000104. The molecule has 6 aromatic heterocycles. The Morgan fingerprint density at radius 3 is 0.610 bits per heavy atom. The monoisotopic (exact) mass is 1800 g/mol. The van der Waals surface area contributed by atoms with Crippen LogP contribution in [0.5, 0.6) is 0 Å². The average Bonchev–Trinajstić information content (AvgIpc) is 1.54. The van der Waals surface area contributed by atoms with Crippen molar-refractivity contribution >= 4 is 131 Å². The molecular weight excluding hydrogens is 1710 g/mol. The zero-order valence-corrected chi connectivity index (χ0v) is 79.2. The van der Waals surface area contributed by atoms with Crippen LogP contribution in [0.3, 0.4) is 0 Å². The smallest absolute Gasteiger partial charge is 0.0547 e. The predicted molar refractivity (Wildman–Crippen MR) is 594 cm³/mol. The molecular formula is C135H96N6. The quantitative estimate of drug-likeness (QED) is 0.138. The number of rotatable bonds is 9. The van der Waals surface area contributed by atoms with E-state index in [0.29, 0.717) is 0 Å². The number of nitrogens with zero attached hydrogens (tertiary/aromatic N) is 6. The van der Waals surface area contributed by atoms with Gasteiger partial charge in [0, 0.05) is 114 Å². The number of aromatic nitrogens is 6. The average molecular weight is 1800 g/mol. The van der Waals surface area contributed by atoms with Gasteiger partial charge in [0.25, 0.3) is 0 Å². The first-order chi connectivity index (χ1) is 69.4. The van der Waals surface area contributed by atoms with Gasteiger partial charge in [0.1, 0.15) is 0 Å². The van der Waals surface area contributed by atoms with Crippen LogP contribution in [-0.4, -0.2) is 27.4 Å². The Labute approximate surface area is 817 Å². The molecule has 141 heavy (non-hydrogen) atoms. The third kappa shape index (κ3) is 11.9. The van der Waals surface area contributed by atoms with Gasteiger partial charge in [-0.1, -0.05) is 399 Å². The summed E-state index contributed by atoms with van der Waals surface area (Å²) in [5, 5.41) is 15.5. The third-order valence-electron chi connectivity index (χ3n) is 31.6. The molecule has 0 aliphatic heterocycles. The fraction of sp³-hybridized carbons (Fsp3) is 0.0667. The molecule has 0 radical (unpaired) electrons. The molecule has 21 aromatic carbocycles. The van der Waals surface area contributed by atoms with Crippen LogP contribution in [0.2, 0.25) is 0 Å². The van der Waals surface area contributed by atoms with Crippen molar-refractivity contribution in [1.82, 2.24) is 27.4 Å². The highest BCUT2D eigenvalue weighted by Crippen LogP contribution is 2.58. The van der Waals surface area contributed by atoms with Crippen molar-refractivity contribution in [1.29, 1.82) is 0 Å². The van der Waals surface area contributed by atoms with Crippen molar-refractivity contribution in [3.05, 3.63) is 507 Å². The maximum Gasteiger partial charge on any atom is 0.0547 e. The summed E-state index contributed by atoms with van der Waals surface area (Å²) < 4.78 is 14.8. The Hall–Kier alpha value is -17.6. The molecule has 0 N–H and O–H groups in total. The number of hydrogen-bond donors (Lipinski definition) is 0. The first-order valence-electron chi connectivity index (χ1n) is 49.4. The minimum Gasteiger partial charge on any atom is -0.309 e. The van der Waals surface area contributed by atoms with Crippen LogP contribution in [0.1, 0.15) is 74.9 Å². The maximum absolute atomic E-state index is 2.50. The van der Waals surface area contributed by atoms with E-state index in [1.54, 1.807) is 0 Å². The Morgan fingerprint density at radius 2 is 0.326 bits per heavy atom. The molecule has 27 aromatic rings. The van der Waals surface area contributed by atoms with Gasteiger partial charge in [-0.15, -0.1) is 0 Å². The van der Waals surface area contributed by atoms with Gasteiger partial charge in [-0.25, -0.2) is 0 Å². The molecule has 30 rings (SSSR count). The van der Waals surface area contributed by atoms with Crippen LogP contribution in [0.4, 0.5) is 0 Å². The molecule has 6 heteroatoms. The molecule has 0 fully saturated rings. The lowest BCUT2D eigenvalue weighted by atomic mass is 9.80. The molecule has 0 unspecified atom stereocenters. The van der Waals surface area contributed by atoms with E-state index in [2.05, 4.69) is 542 Å². The fourth-order valence-electron chi connectivity index (χ4n) is 25.5. The second kappa shape index (κ2) is 31.2. The number of benzene rings is 21. The van der Waals surface area contributed by atoms with Crippen LogP contribution in [-0.2, 0) is 16.2 Å². The zero-order chi connectivity index (χ0) is 93.8. The van der Waals surface area contributed by atoms with Crippen molar-refractivity contribution in [2.45, 2.75) is 57.8 Å². The molecule has 0 atom stereocenters. The van der Waals surface area contributed by atoms with E-state index in [4.69, 9.17) is 0 Å².